The fourth-order valence-corrected chi connectivity index (χ4v) is 4.30. The zero-order valence-corrected chi connectivity index (χ0v) is 17.1. The number of rotatable bonds is 6. The highest BCUT2D eigenvalue weighted by Crippen LogP contribution is 2.24. The van der Waals surface area contributed by atoms with Gasteiger partial charge in [-0.15, -0.1) is 11.3 Å². The van der Waals surface area contributed by atoms with Gasteiger partial charge in [0.2, 0.25) is 11.8 Å². The molecule has 1 aromatic carbocycles. The van der Waals surface area contributed by atoms with Gasteiger partial charge in [0, 0.05) is 30.8 Å². The van der Waals surface area contributed by atoms with Crippen LogP contribution in [0.4, 0.5) is 0 Å². The van der Waals surface area contributed by atoms with E-state index in [4.69, 9.17) is 0 Å². The lowest BCUT2D eigenvalue weighted by Gasteiger charge is -2.27. The molecule has 1 atom stereocenters. The van der Waals surface area contributed by atoms with E-state index < -0.39 is 0 Å². The van der Waals surface area contributed by atoms with Crippen LogP contribution in [0.5, 0.6) is 0 Å². The monoisotopic (exact) mass is 384 g/mol. The molecule has 0 radical (unpaired) electrons. The van der Waals surface area contributed by atoms with Gasteiger partial charge in [-0.05, 0) is 47.4 Å². The van der Waals surface area contributed by atoms with Crippen molar-refractivity contribution in [3.8, 4) is 0 Å². The van der Waals surface area contributed by atoms with Crippen molar-refractivity contribution in [3.05, 3.63) is 57.3 Å². The number of benzene rings is 1. The van der Waals surface area contributed by atoms with Crippen LogP contribution in [0.15, 0.2) is 35.7 Å². The number of hydrogen-bond acceptors (Lipinski definition) is 3. The molecule has 2 aromatic rings. The molecular weight excluding hydrogens is 356 g/mol. The quantitative estimate of drug-likeness (QED) is 0.802. The van der Waals surface area contributed by atoms with Gasteiger partial charge in [0.15, 0.2) is 0 Å². The van der Waals surface area contributed by atoms with Gasteiger partial charge in [0.1, 0.15) is 0 Å². The third-order valence-corrected chi connectivity index (χ3v) is 6.23. The lowest BCUT2D eigenvalue weighted by Crippen LogP contribution is -2.36. The number of fused-ring (bicyclic) bond motifs is 1. The van der Waals surface area contributed by atoms with Gasteiger partial charge in [-0.25, -0.2) is 0 Å². The molecule has 2 heterocycles. The van der Waals surface area contributed by atoms with Crippen LogP contribution in [0.25, 0.3) is 0 Å². The molecule has 1 aliphatic heterocycles. The van der Waals surface area contributed by atoms with Crippen molar-refractivity contribution in [2.24, 2.45) is 0 Å². The predicted molar refractivity (Wildman–Crippen MR) is 110 cm³/mol. The third kappa shape index (κ3) is 4.98. The minimum absolute atomic E-state index is 0.0582. The molecule has 1 unspecified atom stereocenters. The molecule has 0 saturated heterocycles. The van der Waals surface area contributed by atoms with E-state index in [2.05, 4.69) is 54.9 Å². The molecule has 3 rings (SSSR count). The average Bonchev–Trinajstić information content (AvgIpc) is 3.13. The van der Waals surface area contributed by atoms with Gasteiger partial charge >= 0.3 is 0 Å². The van der Waals surface area contributed by atoms with Crippen molar-refractivity contribution in [1.82, 2.24) is 10.2 Å². The van der Waals surface area contributed by atoms with Gasteiger partial charge < -0.3 is 10.2 Å². The van der Waals surface area contributed by atoms with E-state index >= 15 is 0 Å². The molecule has 0 spiro atoms. The van der Waals surface area contributed by atoms with E-state index in [1.165, 1.54) is 16.0 Å². The highest BCUT2D eigenvalue weighted by atomic mass is 32.1. The summed E-state index contributed by atoms with van der Waals surface area (Å²) in [5, 5.41) is 5.09. The van der Waals surface area contributed by atoms with Crippen LogP contribution in [0.3, 0.4) is 0 Å². The molecule has 4 nitrogen and oxygen atoms in total. The smallest absolute Gasteiger partial charge is 0.223 e. The van der Waals surface area contributed by atoms with Crippen LogP contribution in [0.1, 0.15) is 67.1 Å². The standard InChI is InChI=1S/C22H28N2O2S/c1-15(2)17-4-6-18(7-5-17)16(3)23-21(25)8-9-22(26)24-12-10-20-19(14-24)11-13-27-20/h4-7,11,13,15-16H,8-10,12,14H2,1-3H3,(H,23,25). The molecule has 1 aliphatic rings. The number of nitrogens with one attached hydrogen (secondary N) is 1. The number of thiophene rings is 1. The molecule has 1 N–H and O–H groups in total. The molecule has 0 saturated carbocycles. The predicted octanol–water partition coefficient (Wildman–Crippen LogP) is 4.41. The highest BCUT2D eigenvalue weighted by Gasteiger charge is 2.22. The summed E-state index contributed by atoms with van der Waals surface area (Å²) in [6.45, 7) is 7.74. The first-order valence-corrected chi connectivity index (χ1v) is 10.5. The van der Waals surface area contributed by atoms with Crippen molar-refractivity contribution in [3.63, 3.8) is 0 Å². The van der Waals surface area contributed by atoms with Gasteiger partial charge in [-0.2, -0.15) is 0 Å². The van der Waals surface area contributed by atoms with Crippen LogP contribution in [0, 0.1) is 0 Å². The first-order chi connectivity index (χ1) is 12.9. The summed E-state index contributed by atoms with van der Waals surface area (Å²) in [6.07, 6.45) is 1.43. The summed E-state index contributed by atoms with van der Waals surface area (Å²) < 4.78 is 0. The van der Waals surface area contributed by atoms with Gasteiger partial charge in [0.25, 0.3) is 0 Å². The van der Waals surface area contributed by atoms with Gasteiger partial charge in [-0.1, -0.05) is 38.1 Å². The molecule has 2 amide bonds. The van der Waals surface area contributed by atoms with Crippen molar-refractivity contribution in [1.29, 1.82) is 0 Å². The lowest BCUT2D eigenvalue weighted by molar-refractivity contribution is -0.134. The second-order valence-corrected chi connectivity index (χ2v) is 8.55. The molecule has 0 aliphatic carbocycles. The summed E-state index contributed by atoms with van der Waals surface area (Å²) in [7, 11) is 0. The summed E-state index contributed by atoms with van der Waals surface area (Å²) in [6, 6.07) is 10.4. The SMILES string of the molecule is CC(C)c1ccc(C(C)NC(=O)CCC(=O)N2CCc3sccc3C2)cc1. The maximum atomic E-state index is 12.4. The molecule has 5 heteroatoms. The van der Waals surface area contributed by atoms with E-state index in [1.807, 2.05) is 11.8 Å². The Kier molecular flexibility index (Phi) is 6.32. The first kappa shape index (κ1) is 19.6. The largest absolute Gasteiger partial charge is 0.350 e. The maximum Gasteiger partial charge on any atom is 0.223 e. The molecular formula is C22H28N2O2S. The van der Waals surface area contributed by atoms with E-state index in [0.29, 0.717) is 12.5 Å². The Bertz CT molecular complexity index is 795. The second kappa shape index (κ2) is 8.70. The minimum atomic E-state index is -0.0722. The van der Waals surface area contributed by atoms with E-state index in [9.17, 15) is 9.59 Å². The highest BCUT2D eigenvalue weighted by molar-refractivity contribution is 7.10. The Morgan fingerprint density at radius 3 is 2.48 bits per heavy atom. The molecule has 0 fully saturated rings. The zero-order valence-electron chi connectivity index (χ0n) is 16.3. The van der Waals surface area contributed by atoms with Gasteiger partial charge in [-0.3, -0.25) is 9.59 Å². The second-order valence-electron chi connectivity index (χ2n) is 7.54. The van der Waals surface area contributed by atoms with Crippen molar-refractivity contribution >= 4 is 23.2 Å². The van der Waals surface area contributed by atoms with E-state index in [-0.39, 0.29) is 30.7 Å². The Morgan fingerprint density at radius 1 is 1.07 bits per heavy atom. The van der Waals surface area contributed by atoms with Crippen LogP contribution in [-0.2, 0) is 22.6 Å². The Morgan fingerprint density at radius 2 is 1.78 bits per heavy atom. The molecule has 0 bridgehead atoms. The van der Waals surface area contributed by atoms with Crippen LogP contribution in [0.2, 0.25) is 0 Å². The Balaban J connectivity index is 1.45. The number of amides is 2. The molecule has 27 heavy (non-hydrogen) atoms. The summed E-state index contributed by atoms with van der Waals surface area (Å²) in [5.74, 6) is 0.489. The fraction of sp³-hybridized carbons (Fsp3) is 0.455. The first-order valence-electron chi connectivity index (χ1n) is 9.66. The van der Waals surface area contributed by atoms with Gasteiger partial charge in [0.05, 0.1) is 6.04 Å². The summed E-state index contributed by atoms with van der Waals surface area (Å²) in [5.41, 5.74) is 3.63. The fourth-order valence-electron chi connectivity index (χ4n) is 3.41. The van der Waals surface area contributed by atoms with Crippen LogP contribution >= 0.6 is 11.3 Å². The topological polar surface area (TPSA) is 49.4 Å². The lowest BCUT2D eigenvalue weighted by atomic mass is 9.99. The normalized spacial score (nSPS) is 14.7. The Labute approximate surface area is 165 Å². The summed E-state index contributed by atoms with van der Waals surface area (Å²) in [4.78, 5) is 28.0. The number of nitrogens with zero attached hydrogens (tertiary/aromatic N) is 1. The average molecular weight is 385 g/mol. The number of carbonyl (C=O) groups excluding carboxylic acids is 2. The van der Waals surface area contributed by atoms with Crippen molar-refractivity contribution in [2.75, 3.05) is 6.54 Å². The maximum absolute atomic E-state index is 12.4. The number of hydrogen-bond donors (Lipinski definition) is 1. The number of carbonyl (C=O) groups is 2. The van der Waals surface area contributed by atoms with Crippen LogP contribution in [-0.4, -0.2) is 23.3 Å². The minimum Gasteiger partial charge on any atom is -0.350 e. The van der Waals surface area contributed by atoms with Crippen molar-refractivity contribution < 1.29 is 9.59 Å². The van der Waals surface area contributed by atoms with Crippen molar-refractivity contribution in [2.45, 2.75) is 58.5 Å². The molecule has 144 valence electrons. The third-order valence-electron chi connectivity index (χ3n) is 5.21. The molecule has 1 aromatic heterocycles. The summed E-state index contributed by atoms with van der Waals surface area (Å²) >= 11 is 1.76. The van der Waals surface area contributed by atoms with Crippen LogP contribution < -0.4 is 5.32 Å². The Hall–Kier alpha value is -2.14. The van der Waals surface area contributed by atoms with E-state index in [0.717, 1.165) is 18.5 Å². The zero-order chi connectivity index (χ0) is 19.4. The van der Waals surface area contributed by atoms with E-state index in [1.54, 1.807) is 11.3 Å².